The van der Waals surface area contributed by atoms with Gasteiger partial charge in [-0.25, -0.2) is 9.97 Å². The number of hydrogen-bond acceptors (Lipinski definition) is 6. The maximum atomic E-state index is 12.8. The molecule has 7 nitrogen and oxygen atoms in total. The lowest BCUT2D eigenvalue weighted by Gasteiger charge is -2.11. The van der Waals surface area contributed by atoms with Crippen molar-refractivity contribution in [3.05, 3.63) is 90.1 Å². The van der Waals surface area contributed by atoms with Gasteiger partial charge in [-0.15, -0.1) is 0 Å². The number of benzene rings is 1. The Morgan fingerprint density at radius 2 is 1.62 bits per heavy atom. The second-order valence-corrected chi connectivity index (χ2v) is 7.53. The largest absolute Gasteiger partial charge is 0.468 e. The van der Waals surface area contributed by atoms with Gasteiger partial charge in [-0.05, 0) is 53.9 Å². The van der Waals surface area contributed by atoms with E-state index in [-0.39, 0.29) is 11.3 Å². The molecule has 0 bridgehead atoms. The van der Waals surface area contributed by atoms with E-state index in [0.717, 1.165) is 23.2 Å². The van der Waals surface area contributed by atoms with Crippen molar-refractivity contribution in [3.8, 4) is 11.1 Å². The van der Waals surface area contributed by atoms with Gasteiger partial charge < -0.3 is 15.1 Å². The molecule has 4 aromatic rings. The Morgan fingerprint density at radius 1 is 0.906 bits per heavy atom. The fourth-order valence-electron chi connectivity index (χ4n) is 3.80. The van der Waals surface area contributed by atoms with E-state index in [1.54, 1.807) is 18.5 Å². The summed E-state index contributed by atoms with van der Waals surface area (Å²) in [6.45, 7) is 0. The monoisotopic (exact) mass is 424 g/mol. The first kappa shape index (κ1) is 19.7. The number of nitrogens with one attached hydrogen (secondary N) is 2. The molecule has 1 amide bonds. The highest BCUT2D eigenvalue weighted by atomic mass is 16.3. The lowest BCUT2D eigenvalue weighted by Crippen LogP contribution is -2.18. The van der Waals surface area contributed by atoms with E-state index in [1.165, 1.54) is 6.26 Å². The SMILES string of the molecule is O=C(Nc1cc(-c2ccnc(Nc3ccccc3)c2)ccn1)c1coc2c1C(=O)CCC2. The standard InChI is InChI=1S/C25H20N4O3/c30-20-7-4-8-21-24(20)19(15-32-21)25(31)29-23-14-17(10-12-27-23)16-9-11-26-22(13-16)28-18-5-2-1-3-6-18/h1-3,5-6,9-15H,4,7-8H2,(H,26,28)(H,27,29,31). The van der Waals surface area contributed by atoms with Gasteiger partial charge >= 0.3 is 0 Å². The summed E-state index contributed by atoms with van der Waals surface area (Å²) in [5.74, 6) is 1.22. The summed E-state index contributed by atoms with van der Waals surface area (Å²) in [6.07, 6.45) is 6.56. The van der Waals surface area contributed by atoms with Gasteiger partial charge in [-0.3, -0.25) is 9.59 Å². The van der Waals surface area contributed by atoms with E-state index in [0.29, 0.717) is 35.8 Å². The molecule has 0 aliphatic heterocycles. The van der Waals surface area contributed by atoms with Gasteiger partial charge in [0.2, 0.25) is 0 Å². The van der Waals surface area contributed by atoms with Crippen LogP contribution in [0.25, 0.3) is 11.1 Å². The molecule has 1 aliphatic rings. The number of anilines is 3. The summed E-state index contributed by atoms with van der Waals surface area (Å²) in [5, 5.41) is 6.06. The normalized spacial score (nSPS) is 12.8. The highest BCUT2D eigenvalue weighted by Crippen LogP contribution is 2.28. The number of ketones is 1. The third kappa shape index (κ3) is 4.00. The van der Waals surface area contributed by atoms with Crippen molar-refractivity contribution in [3.63, 3.8) is 0 Å². The summed E-state index contributed by atoms with van der Waals surface area (Å²) < 4.78 is 5.46. The van der Waals surface area contributed by atoms with Crippen LogP contribution in [0.15, 0.2) is 77.7 Å². The number of rotatable bonds is 5. The number of carbonyl (C=O) groups is 2. The second-order valence-electron chi connectivity index (χ2n) is 7.53. The molecule has 1 aromatic carbocycles. The Hall–Kier alpha value is -4.26. The van der Waals surface area contributed by atoms with Crippen LogP contribution in [0.2, 0.25) is 0 Å². The Kier molecular flexibility index (Phi) is 5.21. The average molecular weight is 424 g/mol. The zero-order valence-corrected chi connectivity index (χ0v) is 17.2. The van der Waals surface area contributed by atoms with Crippen molar-refractivity contribution in [2.75, 3.05) is 10.6 Å². The lowest BCUT2D eigenvalue weighted by molar-refractivity contribution is 0.0955. The maximum absolute atomic E-state index is 12.8. The number of furan rings is 1. The van der Waals surface area contributed by atoms with Crippen LogP contribution in [0.4, 0.5) is 17.3 Å². The maximum Gasteiger partial charge on any atom is 0.260 e. The Morgan fingerprint density at radius 3 is 2.41 bits per heavy atom. The van der Waals surface area contributed by atoms with Gasteiger partial charge in [0.15, 0.2) is 5.78 Å². The topological polar surface area (TPSA) is 97.1 Å². The van der Waals surface area contributed by atoms with Crippen molar-refractivity contribution < 1.29 is 14.0 Å². The van der Waals surface area contributed by atoms with E-state index in [1.807, 2.05) is 48.5 Å². The molecule has 0 saturated heterocycles. The number of nitrogens with zero attached hydrogens (tertiary/aromatic N) is 2. The molecule has 5 rings (SSSR count). The molecule has 0 radical (unpaired) electrons. The van der Waals surface area contributed by atoms with Crippen LogP contribution in [0.1, 0.15) is 39.3 Å². The number of fused-ring (bicyclic) bond motifs is 1. The smallest absolute Gasteiger partial charge is 0.260 e. The Labute approximate surface area is 184 Å². The molecule has 32 heavy (non-hydrogen) atoms. The van der Waals surface area contributed by atoms with Crippen LogP contribution in [0.3, 0.4) is 0 Å². The molecule has 1 aliphatic carbocycles. The fraction of sp³-hybridized carbons (Fsp3) is 0.120. The minimum atomic E-state index is -0.406. The lowest BCUT2D eigenvalue weighted by atomic mass is 9.94. The third-order valence-corrected chi connectivity index (χ3v) is 5.34. The predicted octanol–water partition coefficient (Wildman–Crippen LogP) is 5.25. The highest BCUT2D eigenvalue weighted by Gasteiger charge is 2.28. The van der Waals surface area contributed by atoms with Crippen molar-refractivity contribution in [1.82, 2.24) is 9.97 Å². The molecule has 7 heteroatoms. The number of hydrogen-bond donors (Lipinski definition) is 2. The number of para-hydroxylation sites is 1. The predicted molar refractivity (Wildman–Crippen MR) is 121 cm³/mol. The van der Waals surface area contributed by atoms with Crippen molar-refractivity contribution in [2.45, 2.75) is 19.3 Å². The quantitative estimate of drug-likeness (QED) is 0.454. The van der Waals surface area contributed by atoms with E-state index < -0.39 is 5.91 Å². The van der Waals surface area contributed by atoms with Crippen LogP contribution >= 0.6 is 0 Å². The molecule has 0 spiro atoms. The van der Waals surface area contributed by atoms with Crippen molar-refractivity contribution >= 4 is 29.0 Å². The first-order chi connectivity index (χ1) is 15.7. The van der Waals surface area contributed by atoms with E-state index >= 15 is 0 Å². The van der Waals surface area contributed by atoms with Crippen LogP contribution in [-0.2, 0) is 6.42 Å². The van der Waals surface area contributed by atoms with Crippen molar-refractivity contribution in [2.24, 2.45) is 0 Å². The van der Waals surface area contributed by atoms with E-state index in [9.17, 15) is 9.59 Å². The number of amides is 1. The number of Topliss-reactive ketones (excluding diaryl/α,β-unsaturated/α-hetero) is 1. The molecule has 3 heterocycles. The van der Waals surface area contributed by atoms with Gasteiger partial charge in [-0.2, -0.15) is 0 Å². The Balaban J connectivity index is 1.36. The zero-order valence-electron chi connectivity index (χ0n) is 17.2. The minimum absolute atomic E-state index is 0.0536. The van der Waals surface area contributed by atoms with Gasteiger partial charge in [0, 0.05) is 30.9 Å². The van der Waals surface area contributed by atoms with E-state index in [4.69, 9.17) is 4.42 Å². The second kappa shape index (κ2) is 8.47. The minimum Gasteiger partial charge on any atom is -0.468 e. The van der Waals surface area contributed by atoms with Crippen LogP contribution in [-0.4, -0.2) is 21.7 Å². The van der Waals surface area contributed by atoms with Crippen molar-refractivity contribution in [1.29, 1.82) is 0 Å². The molecule has 158 valence electrons. The van der Waals surface area contributed by atoms with Gasteiger partial charge in [0.1, 0.15) is 23.7 Å². The summed E-state index contributed by atoms with van der Waals surface area (Å²) >= 11 is 0. The first-order valence-electron chi connectivity index (χ1n) is 10.4. The average Bonchev–Trinajstić information content (AvgIpc) is 3.26. The fourth-order valence-corrected chi connectivity index (χ4v) is 3.80. The van der Waals surface area contributed by atoms with Gasteiger partial charge in [0.25, 0.3) is 5.91 Å². The molecule has 0 saturated carbocycles. The molecule has 0 atom stereocenters. The first-order valence-corrected chi connectivity index (χ1v) is 10.4. The van der Waals surface area contributed by atoms with Crippen LogP contribution in [0, 0.1) is 0 Å². The zero-order chi connectivity index (χ0) is 21.9. The van der Waals surface area contributed by atoms with Crippen LogP contribution in [0.5, 0.6) is 0 Å². The number of pyridine rings is 2. The van der Waals surface area contributed by atoms with Crippen LogP contribution < -0.4 is 10.6 Å². The number of carbonyl (C=O) groups excluding carboxylic acids is 2. The van der Waals surface area contributed by atoms with Gasteiger partial charge in [-0.1, -0.05) is 18.2 Å². The molecular weight excluding hydrogens is 404 g/mol. The van der Waals surface area contributed by atoms with E-state index in [2.05, 4.69) is 20.6 Å². The molecule has 0 unspecified atom stereocenters. The third-order valence-electron chi connectivity index (χ3n) is 5.34. The summed E-state index contributed by atoms with van der Waals surface area (Å²) in [7, 11) is 0. The molecule has 0 fully saturated rings. The summed E-state index contributed by atoms with van der Waals surface area (Å²) in [5.41, 5.74) is 3.40. The number of aromatic nitrogens is 2. The van der Waals surface area contributed by atoms with Gasteiger partial charge in [0.05, 0.1) is 11.1 Å². The Bertz CT molecular complexity index is 1300. The molecule has 2 N–H and O–H groups in total. The molecular formula is C25H20N4O3. The summed E-state index contributed by atoms with van der Waals surface area (Å²) in [4.78, 5) is 33.7. The number of aryl methyl sites for hydroxylation is 1. The highest BCUT2D eigenvalue weighted by molar-refractivity contribution is 6.13. The molecule has 3 aromatic heterocycles. The summed E-state index contributed by atoms with van der Waals surface area (Å²) in [6, 6.07) is 17.3.